The summed E-state index contributed by atoms with van der Waals surface area (Å²) in [6.45, 7) is 1.12. The van der Waals surface area contributed by atoms with E-state index in [1.165, 1.54) is 25.1 Å². The molecule has 1 heterocycles. The molecule has 86 valence electrons. The second-order valence-electron chi connectivity index (χ2n) is 4.24. The van der Waals surface area contributed by atoms with Crippen LogP contribution >= 0.6 is 0 Å². The molecule has 0 spiro atoms. The molecule has 1 fully saturated rings. The topological polar surface area (TPSA) is 27.6 Å². The van der Waals surface area contributed by atoms with Gasteiger partial charge in [-0.1, -0.05) is 24.6 Å². The van der Waals surface area contributed by atoms with Crippen molar-refractivity contribution < 1.29 is 0 Å². The number of hydrogen-bond donors (Lipinski definition) is 1. The molecule has 3 heteroatoms. The van der Waals surface area contributed by atoms with E-state index in [0.29, 0.717) is 0 Å². The average Bonchev–Trinajstić information content (AvgIpc) is 2.53. The maximum Gasteiger partial charge on any atom is 0.124 e. The highest BCUT2D eigenvalue weighted by Gasteiger charge is 2.10. The molecule has 0 aromatic heterocycles. The van der Waals surface area contributed by atoms with Gasteiger partial charge in [0, 0.05) is 20.0 Å². The summed E-state index contributed by atoms with van der Waals surface area (Å²) in [5.74, 6) is 1.17. The number of anilines is 1. The fraction of sp³-hybridized carbons (Fsp3) is 0.462. The van der Waals surface area contributed by atoms with Crippen molar-refractivity contribution in [3.8, 4) is 0 Å². The van der Waals surface area contributed by atoms with Gasteiger partial charge in [-0.3, -0.25) is 5.43 Å². The van der Waals surface area contributed by atoms with Gasteiger partial charge in [0.25, 0.3) is 0 Å². The number of nitrogens with zero attached hydrogens (tertiary/aromatic N) is 2. The van der Waals surface area contributed by atoms with E-state index >= 15 is 0 Å². The second kappa shape index (κ2) is 5.54. The van der Waals surface area contributed by atoms with Gasteiger partial charge in [0.1, 0.15) is 5.84 Å². The fourth-order valence-electron chi connectivity index (χ4n) is 1.91. The first kappa shape index (κ1) is 11.0. The monoisotopic (exact) mass is 217 g/mol. The first-order valence-electron chi connectivity index (χ1n) is 5.95. The van der Waals surface area contributed by atoms with Crippen LogP contribution in [0.1, 0.15) is 25.7 Å². The Morgan fingerprint density at radius 1 is 1.12 bits per heavy atom. The average molecular weight is 217 g/mol. The zero-order valence-corrected chi connectivity index (χ0v) is 9.82. The molecule has 0 aliphatic carbocycles. The van der Waals surface area contributed by atoms with E-state index in [4.69, 9.17) is 0 Å². The maximum atomic E-state index is 4.49. The number of benzene rings is 1. The Bertz CT molecular complexity index is 345. The van der Waals surface area contributed by atoms with Crippen molar-refractivity contribution in [3.05, 3.63) is 30.3 Å². The highest BCUT2D eigenvalue weighted by atomic mass is 15.3. The molecule has 1 N–H and O–H groups in total. The Morgan fingerprint density at radius 3 is 2.75 bits per heavy atom. The number of rotatable bonds is 2. The minimum atomic E-state index is 1.05. The summed E-state index contributed by atoms with van der Waals surface area (Å²) in [5.41, 5.74) is 4.17. The van der Waals surface area contributed by atoms with Gasteiger partial charge in [-0.25, -0.2) is 0 Å². The summed E-state index contributed by atoms with van der Waals surface area (Å²) < 4.78 is 0. The SMILES string of the molecule is CN1CCCCCC1=NNc1ccccc1. The smallest absolute Gasteiger partial charge is 0.124 e. The minimum Gasteiger partial charge on any atom is -0.362 e. The lowest BCUT2D eigenvalue weighted by molar-refractivity contribution is 0.493. The highest BCUT2D eigenvalue weighted by molar-refractivity contribution is 5.83. The third kappa shape index (κ3) is 2.99. The molecule has 0 saturated carbocycles. The molecule has 3 nitrogen and oxygen atoms in total. The molecule has 0 bridgehead atoms. The molecular formula is C13H19N3. The van der Waals surface area contributed by atoms with Crippen molar-refractivity contribution in [3.63, 3.8) is 0 Å². The molecule has 1 aliphatic heterocycles. The molecule has 1 aliphatic rings. The molecular weight excluding hydrogens is 198 g/mol. The fourth-order valence-corrected chi connectivity index (χ4v) is 1.91. The largest absolute Gasteiger partial charge is 0.362 e. The number of amidine groups is 1. The molecule has 0 radical (unpaired) electrons. The zero-order valence-electron chi connectivity index (χ0n) is 9.82. The third-order valence-corrected chi connectivity index (χ3v) is 2.92. The van der Waals surface area contributed by atoms with E-state index in [0.717, 1.165) is 18.7 Å². The summed E-state index contributed by atoms with van der Waals surface area (Å²) in [6.07, 6.45) is 4.92. The van der Waals surface area contributed by atoms with Gasteiger partial charge in [-0.2, -0.15) is 5.10 Å². The van der Waals surface area contributed by atoms with Gasteiger partial charge >= 0.3 is 0 Å². The number of hydrazone groups is 1. The van der Waals surface area contributed by atoms with Crippen LogP contribution in [0.3, 0.4) is 0 Å². The number of para-hydroxylation sites is 1. The van der Waals surface area contributed by atoms with Crippen LogP contribution in [0, 0.1) is 0 Å². The van der Waals surface area contributed by atoms with E-state index in [1.54, 1.807) is 0 Å². The predicted molar refractivity (Wildman–Crippen MR) is 68.6 cm³/mol. The van der Waals surface area contributed by atoms with Crippen molar-refractivity contribution in [2.45, 2.75) is 25.7 Å². The maximum absolute atomic E-state index is 4.49. The lowest BCUT2D eigenvalue weighted by Crippen LogP contribution is -2.26. The Morgan fingerprint density at radius 2 is 1.94 bits per heavy atom. The first-order chi connectivity index (χ1) is 7.86. The van der Waals surface area contributed by atoms with Crippen LogP contribution in [0.2, 0.25) is 0 Å². The van der Waals surface area contributed by atoms with Gasteiger partial charge in [0.05, 0.1) is 5.69 Å². The van der Waals surface area contributed by atoms with Crippen LogP contribution in [0.15, 0.2) is 35.4 Å². The van der Waals surface area contributed by atoms with E-state index < -0.39 is 0 Å². The summed E-state index contributed by atoms with van der Waals surface area (Å²) in [6, 6.07) is 10.1. The lowest BCUT2D eigenvalue weighted by atomic mass is 10.2. The zero-order chi connectivity index (χ0) is 11.2. The molecule has 1 aromatic carbocycles. The molecule has 0 unspecified atom stereocenters. The van der Waals surface area contributed by atoms with E-state index in [2.05, 4.69) is 22.5 Å². The Balaban J connectivity index is 2.00. The van der Waals surface area contributed by atoms with Crippen LogP contribution in [0.5, 0.6) is 0 Å². The Labute approximate surface area is 97.2 Å². The van der Waals surface area contributed by atoms with Crippen molar-refractivity contribution in [1.82, 2.24) is 4.90 Å². The van der Waals surface area contributed by atoms with Crippen LogP contribution in [-0.4, -0.2) is 24.3 Å². The van der Waals surface area contributed by atoms with Gasteiger partial charge in [-0.15, -0.1) is 0 Å². The first-order valence-corrected chi connectivity index (χ1v) is 5.95. The minimum absolute atomic E-state index is 1.05. The van der Waals surface area contributed by atoms with Gasteiger partial charge in [0.2, 0.25) is 0 Å². The van der Waals surface area contributed by atoms with E-state index in [9.17, 15) is 0 Å². The van der Waals surface area contributed by atoms with Crippen molar-refractivity contribution in [1.29, 1.82) is 0 Å². The quantitative estimate of drug-likeness (QED) is 0.771. The van der Waals surface area contributed by atoms with Crippen LogP contribution in [0.4, 0.5) is 5.69 Å². The van der Waals surface area contributed by atoms with Gasteiger partial charge in [-0.05, 0) is 25.0 Å². The van der Waals surface area contributed by atoms with Crippen molar-refractivity contribution in [2.75, 3.05) is 19.0 Å². The van der Waals surface area contributed by atoms with Crippen molar-refractivity contribution in [2.24, 2.45) is 5.10 Å². The normalized spacial score (nSPS) is 19.6. The number of hydrogen-bond acceptors (Lipinski definition) is 2. The Hall–Kier alpha value is -1.51. The summed E-state index contributed by atoms with van der Waals surface area (Å²) >= 11 is 0. The molecule has 1 aromatic rings. The summed E-state index contributed by atoms with van der Waals surface area (Å²) in [4.78, 5) is 2.25. The molecule has 0 amide bonds. The van der Waals surface area contributed by atoms with Gasteiger partial charge in [0.15, 0.2) is 0 Å². The van der Waals surface area contributed by atoms with Crippen LogP contribution in [-0.2, 0) is 0 Å². The second-order valence-corrected chi connectivity index (χ2v) is 4.24. The lowest BCUT2D eigenvalue weighted by Gasteiger charge is -2.17. The molecule has 16 heavy (non-hydrogen) atoms. The third-order valence-electron chi connectivity index (χ3n) is 2.92. The molecule has 1 saturated heterocycles. The highest BCUT2D eigenvalue weighted by Crippen LogP contribution is 2.12. The summed E-state index contributed by atoms with van der Waals surface area (Å²) in [7, 11) is 2.12. The standard InChI is InChI=1S/C13H19N3/c1-16-11-7-3-6-10-13(16)15-14-12-8-4-2-5-9-12/h2,4-5,8-9,14H,3,6-7,10-11H2,1H3. The predicted octanol–water partition coefficient (Wildman–Crippen LogP) is 2.92. The van der Waals surface area contributed by atoms with Crippen LogP contribution < -0.4 is 5.43 Å². The molecule has 2 rings (SSSR count). The summed E-state index contributed by atoms with van der Waals surface area (Å²) in [5, 5.41) is 4.49. The van der Waals surface area contributed by atoms with Crippen LogP contribution in [0.25, 0.3) is 0 Å². The van der Waals surface area contributed by atoms with Crippen molar-refractivity contribution >= 4 is 11.5 Å². The molecule has 0 atom stereocenters. The van der Waals surface area contributed by atoms with E-state index in [1.807, 2.05) is 30.3 Å². The number of likely N-dealkylation sites (tertiary alicyclic amines) is 1. The van der Waals surface area contributed by atoms with E-state index in [-0.39, 0.29) is 0 Å². The Kier molecular flexibility index (Phi) is 3.81. The number of nitrogens with one attached hydrogen (secondary N) is 1. The van der Waals surface area contributed by atoms with Gasteiger partial charge < -0.3 is 4.90 Å².